The number of benzene rings is 2. The number of carbonyl (C=O) groups excluding carboxylic acids is 1. The highest BCUT2D eigenvalue weighted by atomic mass is 16.5. The van der Waals surface area contributed by atoms with Crippen LogP contribution in [0.3, 0.4) is 0 Å². The highest BCUT2D eigenvalue weighted by molar-refractivity contribution is 5.97. The zero-order valence-corrected chi connectivity index (χ0v) is 15.5. The van der Waals surface area contributed by atoms with Gasteiger partial charge in [0.1, 0.15) is 23.9 Å². The third-order valence-electron chi connectivity index (χ3n) is 4.27. The van der Waals surface area contributed by atoms with E-state index in [9.17, 15) is 4.79 Å². The minimum absolute atomic E-state index is 0.105. The van der Waals surface area contributed by atoms with Crippen molar-refractivity contribution in [2.45, 2.75) is 19.5 Å². The summed E-state index contributed by atoms with van der Waals surface area (Å²) < 4.78 is 12.8. The summed E-state index contributed by atoms with van der Waals surface area (Å²) in [5, 5.41) is 6.99. The molecule has 0 aliphatic heterocycles. The lowest BCUT2D eigenvalue weighted by atomic mass is 10.2. The van der Waals surface area contributed by atoms with Crippen molar-refractivity contribution in [2.24, 2.45) is 0 Å². The van der Waals surface area contributed by atoms with Crippen molar-refractivity contribution in [3.63, 3.8) is 0 Å². The molecule has 0 spiro atoms. The number of carbonyl (C=O) groups is 1. The molecule has 4 aromatic rings. The van der Waals surface area contributed by atoms with Crippen LogP contribution in [-0.4, -0.2) is 38.8 Å². The van der Waals surface area contributed by atoms with E-state index in [1.807, 2.05) is 31.2 Å². The number of nitrogens with zero attached hydrogens (tertiary/aromatic N) is 4. The lowest BCUT2D eigenvalue weighted by Gasteiger charge is -2.13. The van der Waals surface area contributed by atoms with Gasteiger partial charge in [0, 0.05) is 17.2 Å². The molecule has 0 saturated carbocycles. The number of methoxy groups -OCH3 is 1. The highest BCUT2D eigenvalue weighted by Crippen LogP contribution is 2.27. The predicted octanol–water partition coefficient (Wildman–Crippen LogP) is 2.91. The number of ether oxygens (including phenoxy) is 1. The van der Waals surface area contributed by atoms with Crippen LogP contribution in [0.1, 0.15) is 17.3 Å². The van der Waals surface area contributed by atoms with Crippen molar-refractivity contribution in [3.8, 4) is 17.2 Å². The molecule has 28 heavy (non-hydrogen) atoms. The molecule has 2 heterocycles. The van der Waals surface area contributed by atoms with E-state index in [0.717, 1.165) is 11.3 Å². The molecule has 1 amide bonds. The zero-order valence-electron chi connectivity index (χ0n) is 15.5. The second-order valence-corrected chi connectivity index (χ2v) is 6.43. The minimum Gasteiger partial charge on any atom is -0.497 e. The first-order valence-electron chi connectivity index (χ1n) is 8.80. The number of hydrogen-bond acceptors (Lipinski definition) is 6. The quantitative estimate of drug-likeness (QED) is 0.555. The molecule has 0 radical (unpaired) electrons. The fourth-order valence-corrected chi connectivity index (χ4v) is 2.91. The van der Waals surface area contributed by atoms with Gasteiger partial charge in [-0.05, 0) is 43.3 Å². The van der Waals surface area contributed by atoms with Gasteiger partial charge in [-0.15, -0.1) is 0 Å². The first-order valence-corrected chi connectivity index (χ1v) is 8.80. The Hall–Kier alpha value is -3.68. The molecule has 2 aromatic carbocycles. The fourth-order valence-electron chi connectivity index (χ4n) is 2.91. The molecule has 8 heteroatoms. The van der Waals surface area contributed by atoms with Crippen LogP contribution in [0, 0.1) is 0 Å². The standard InChI is InChI=1S/C20H19N5O3/c1-13(10-25-12-21-11-22-25)23-19(26)14-6-7-17-18(9-14)28-20(24-17)15-4-3-5-16(8-15)27-2/h3-9,11-13H,10H2,1-2H3,(H,23,26)/t13-/m1/s1. The van der Waals surface area contributed by atoms with Crippen LogP contribution in [-0.2, 0) is 6.54 Å². The number of nitrogens with one attached hydrogen (secondary N) is 1. The van der Waals surface area contributed by atoms with Crippen molar-refractivity contribution >= 4 is 17.0 Å². The van der Waals surface area contributed by atoms with E-state index in [-0.39, 0.29) is 11.9 Å². The molecule has 0 bridgehead atoms. The average molecular weight is 377 g/mol. The summed E-state index contributed by atoms with van der Waals surface area (Å²) in [6, 6.07) is 12.6. The smallest absolute Gasteiger partial charge is 0.251 e. The Balaban J connectivity index is 1.53. The number of aromatic nitrogens is 4. The van der Waals surface area contributed by atoms with Crippen LogP contribution in [0.25, 0.3) is 22.6 Å². The van der Waals surface area contributed by atoms with Gasteiger partial charge < -0.3 is 14.5 Å². The van der Waals surface area contributed by atoms with E-state index in [4.69, 9.17) is 9.15 Å². The van der Waals surface area contributed by atoms with E-state index in [1.54, 1.807) is 36.3 Å². The van der Waals surface area contributed by atoms with E-state index in [2.05, 4.69) is 20.4 Å². The Morgan fingerprint density at radius 1 is 1.29 bits per heavy atom. The fraction of sp³-hybridized carbons (Fsp3) is 0.200. The molecular formula is C20H19N5O3. The normalized spacial score (nSPS) is 12.1. The largest absolute Gasteiger partial charge is 0.497 e. The second kappa shape index (κ2) is 7.51. The van der Waals surface area contributed by atoms with Gasteiger partial charge in [-0.3, -0.25) is 9.48 Å². The summed E-state index contributed by atoms with van der Waals surface area (Å²) >= 11 is 0. The molecule has 142 valence electrons. The first kappa shape index (κ1) is 17.7. The summed E-state index contributed by atoms with van der Waals surface area (Å²) in [5.74, 6) is 1.01. The van der Waals surface area contributed by atoms with Gasteiger partial charge >= 0.3 is 0 Å². The van der Waals surface area contributed by atoms with E-state index < -0.39 is 0 Å². The molecule has 4 rings (SSSR count). The lowest BCUT2D eigenvalue weighted by molar-refractivity contribution is 0.0936. The zero-order chi connectivity index (χ0) is 19.5. The molecule has 0 saturated heterocycles. The summed E-state index contributed by atoms with van der Waals surface area (Å²) in [7, 11) is 1.61. The van der Waals surface area contributed by atoms with Crippen molar-refractivity contribution in [1.82, 2.24) is 25.1 Å². The number of rotatable bonds is 6. The van der Waals surface area contributed by atoms with Crippen LogP contribution >= 0.6 is 0 Å². The third-order valence-corrected chi connectivity index (χ3v) is 4.27. The maximum absolute atomic E-state index is 12.6. The molecule has 8 nitrogen and oxygen atoms in total. The van der Waals surface area contributed by atoms with Gasteiger partial charge in [0.25, 0.3) is 5.91 Å². The van der Waals surface area contributed by atoms with Crippen molar-refractivity contribution in [1.29, 1.82) is 0 Å². The Morgan fingerprint density at radius 2 is 2.18 bits per heavy atom. The lowest BCUT2D eigenvalue weighted by Crippen LogP contribution is -2.35. The minimum atomic E-state index is -0.186. The van der Waals surface area contributed by atoms with Gasteiger partial charge in [0.05, 0.1) is 13.7 Å². The predicted molar refractivity (Wildman–Crippen MR) is 103 cm³/mol. The van der Waals surface area contributed by atoms with E-state index >= 15 is 0 Å². The third kappa shape index (κ3) is 3.71. The monoisotopic (exact) mass is 377 g/mol. The van der Waals surface area contributed by atoms with Gasteiger partial charge in [0.15, 0.2) is 5.58 Å². The van der Waals surface area contributed by atoms with Crippen molar-refractivity contribution in [2.75, 3.05) is 7.11 Å². The molecule has 0 unspecified atom stereocenters. The van der Waals surface area contributed by atoms with Crippen LogP contribution in [0.2, 0.25) is 0 Å². The van der Waals surface area contributed by atoms with Crippen LogP contribution < -0.4 is 10.1 Å². The number of amides is 1. The molecule has 0 aliphatic rings. The number of oxazole rings is 1. The molecule has 2 aromatic heterocycles. The summed E-state index contributed by atoms with van der Waals surface area (Å²) in [4.78, 5) is 20.9. The first-order chi connectivity index (χ1) is 13.6. The van der Waals surface area contributed by atoms with E-state index in [1.165, 1.54) is 6.33 Å². The molecule has 1 atom stereocenters. The van der Waals surface area contributed by atoms with Gasteiger partial charge in [-0.25, -0.2) is 9.97 Å². The summed E-state index contributed by atoms with van der Waals surface area (Å²) in [6.07, 6.45) is 3.08. The highest BCUT2D eigenvalue weighted by Gasteiger charge is 2.14. The van der Waals surface area contributed by atoms with E-state index in [0.29, 0.717) is 29.1 Å². The van der Waals surface area contributed by atoms with Gasteiger partial charge in [0.2, 0.25) is 5.89 Å². The summed E-state index contributed by atoms with van der Waals surface area (Å²) in [5.41, 5.74) is 2.55. The Labute approximate surface area is 161 Å². The van der Waals surface area contributed by atoms with Crippen molar-refractivity contribution in [3.05, 3.63) is 60.7 Å². The SMILES string of the molecule is COc1cccc(-c2nc3ccc(C(=O)N[C@H](C)Cn4cncn4)cc3o2)c1. The van der Waals surface area contributed by atoms with Gasteiger partial charge in [-0.2, -0.15) is 5.10 Å². The topological polar surface area (TPSA) is 95.1 Å². The van der Waals surface area contributed by atoms with Gasteiger partial charge in [-0.1, -0.05) is 6.07 Å². The van der Waals surface area contributed by atoms with Crippen LogP contribution in [0.15, 0.2) is 59.5 Å². The Morgan fingerprint density at radius 3 is 2.96 bits per heavy atom. The number of fused-ring (bicyclic) bond motifs is 1. The Kier molecular flexibility index (Phi) is 4.76. The maximum atomic E-state index is 12.6. The molecule has 0 fully saturated rings. The molecule has 0 aliphatic carbocycles. The average Bonchev–Trinajstić information content (AvgIpc) is 3.36. The van der Waals surface area contributed by atoms with Crippen LogP contribution in [0.5, 0.6) is 5.75 Å². The maximum Gasteiger partial charge on any atom is 0.251 e. The molecular weight excluding hydrogens is 358 g/mol. The Bertz CT molecular complexity index is 1100. The van der Waals surface area contributed by atoms with Crippen molar-refractivity contribution < 1.29 is 13.9 Å². The summed E-state index contributed by atoms with van der Waals surface area (Å²) in [6.45, 7) is 2.45. The van der Waals surface area contributed by atoms with Crippen LogP contribution in [0.4, 0.5) is 0 Å². The number of hydrogen-bond donors (Lipinski definition) is 1. The molecule has 1 N–H and O–H groups in total. The second-order valence-electron chi connectivity index (χ2n) is 6.43.